The molecule has 0 amide bonds. The van der Waals surface area contributed by atoms with Crippen molar-refractivity contribution < 1.29 is 4.42 Å². The number of benzene rings is 1. The summed E-state index contributed by atoms with van der Waals surface area (Å²) < 4.78 is 6.37. The van der Waals surface area contributed by atoms with E-state index in [1.165, 1.54) is 4.68 Å². The number of nitrogen functional groups attached to an aromatic ring is 1. The van der Waals surface area contributed by atoms with Crippen LogP contribution in [0.3, 0.4) is 0 Å². The lowest BCUT2D eigenvalue weighted by Crippen LogP contribution is -2.17. The van der Waals surface area contributed by atoms with Gasteiger partial charge in [-0.3, -0.25) is 0 Å². The third-order valence-corrected chi connectivity index (χ3v) is 2.22. The van der Waals surface area contributed by atoms with Gasteiger partial charge in [0.25, 0.3) is 0 Å². The average molecular weight is 219 g/mol. The molecule has 1 aromatic heterocycles. The van der Waals surface area contributed by atoms with Crippen LogP contribution in [0.5, 0.6) is 0 Å². The van der Waals surface area contributed by atoms with E-state index in [-0.39, 0.29) is 6.04 Å². The van der Waals surface area contributed by atoms with Gasteiger partial charge in [0, 0.05) is 11.3 Å². The van der Waals surface area contributed by atoms with Crippen LogP contribution in [0.4, 0.5) is 5.69 Å². The van der Waals surface area contributed by atoms with Crippen molar-refractivity contribution in [1.29, 1.82) is 0 Å². The summed E-state index contributed by atoms with van der Waals surface area (Å²) in [5, 5.41) is 4.11. The molecule has 0 aliphatic carbocycles. The van der Waals surface area contributed by atoms with Crippen LogP contribution in [0.1, 0.15) is 19.9 Å². The zero-order valence-corrected chi connectivity index (χ0v) is 9.18. The Labute approximate surface area is 92.5 Å². The molecule has 0 fully saturated rings. The Balaban J connectivity index is 2.45. The summed E-state index contributed by atoms with van der Waals surface area (Å²) in [4.78, 5) is 11.4. The van der Waals surface area contributed by atoms with Crippen molar-refractivity contribution in [2.75, 3.05) is 5.73 Å². The second-order valence-electron chi connectivity index (χ2n) is 3.83. The molecular weight excluding hydrogens is 206 g/mol. The Morgan fingerprint density at radius 3 is 2.44 bits per heavy atom. The highest BCUT2D eigenvalue weighted by Crippen LogP contribution is 2.17. The first-order chi connectivity index (χ1) is 7.58. The first-order valence-electron chi connectivity index (χ1n) is 5.03. The highest BCUT2D eigenvalue weighted by Gasteiger charge is 2.11. The summed E-state index contributed by atoms with van der Waals surface area (Å²) in [5.74, 6) is -0.125. The summed E-state index contributed by atoms with van der Waals surface area (Å²) in [6.07, 6.45) is 0. The maximum absolute atomic E-state index is 11.4. The molecule has 2 N–H and O–H groups in total. The number of nitrogens with two attached hydrogens (primary N) is 1. The van der Waals surface area contributed by atoms with Gasteiger partial charge in [-0.25, -0.2) is 4.79 Å². The van der Waals surface area contributed by atoms with Crippen molar-refractivity contribution >= 4 is 5.69 Å². The topological polar surface area (TPSA) is 74.1 Å². The molecule has 0 saturated heterocycles. The number of hydrogen-bond acceptors (Lipinski definition) is 4. The van der Waals surface area contributed by atoms with Crippen LogP contribution in [0.2, 0.25) is 0 Å². The van der Waals surface area contributed by atoms with Crippen molar-refractivity contribution in [1.82, 2.24) is 9.78 Å². The van der Waals surface area contributed by atoms with E-state index in [0.717, 1.165) is 5.56 Å². The quantitative estimate of drug-likeness (QED) is 0.779. The normalized spacial score (nSPS) is 10.9. The number of hydrogen-bond donors (Lipinski definition) is 1. The maximum atomic E-state index is 11.4. The van der Waals surface area contributed by atoms with Crippen molar-refractivity contribution in [2.24, 2.45) is 0 Å². The first kappa shape index (κ1) is 10.5. The number of aromatic nitrogens is 2. The van der Waals surface area contributed by atoms with Gasteiger partial charge in [-0.15, -0.1) is 5.10 Å². The lowest BCUT2D eigenvalue weighted by molar-refractivity contribution is 0.449. The van der Waals surface area contributed by atoms with Gasteiger partial charge in [0.15, 0.2) is 0 Å². The predicted molar refractivity (Wildman–Crippen MR) is 61.0 cm³/mol. The van der Waals surface area contributed by atoms with Crippen molar-refractivity contribution in [3.8, 4) is 11.5 Å². The second kappa shape index (κ2) is 3.84. The van der Waals surface area contributed by atoms with E-state index in [4.69, 9.17) is 10.2 Å². The fourth-order valence-electron chi connectivity index (χ4n) is 1.36. The van der Waals surface area contributed by atoms with Crippen LogP contribution in [-0.2, 0) is 0 Å². The molecular formula is C11H13N3O2. The van der Waals surface area contributed by atoms with E-state index >= 15 is 0 Å². The summed E-state index contributed by atoms with van der Waals surface area (Å²) in [6.45, 7) is 3.74. The monoisotopic (exact) mass is 219 g/mol. The van der Waals surface area contributed by atoms with Gasteiger partial charge in [0.05, 0.1) is 6.04 Å². The van der Waals surface area contributed by atoms with Crippen molar-refractivity contribution in [3.63, 3.8) is 0 Å². The molecule has 16 heavy (non-hydrogen) atoms. The minimum atomic E-state index is -0.443. The number of rotatable bonds is 2. The smallest absolute Gasteiger partial charge is 0.399 e. The zero-order chi connectivity index (χ0) is 11.7. The second-order valence-corrected chi connectivity index (χ2v) is 3.83. The molecule has 1 aromatic carbocycles. The highest BCUT2D eigenvalue weighted by atomic mass is 16.4. The molecule has 5 nitrogen and oxygen atoms in total. The Bertz CT molecular complexity index is 537. The molecule has 0 spiro atoms. The van der Waals surface area contributed by atoms with Gasteiger partial charge in [-0.1, -0.05) is 0 Å². The van der Waals surface area contributed by atoms with Crippen LogP contribution in [0.15, 0.2) is 33.5 Å². The maximum Gasteiger partial charge on any atom is 0.437 e. The zero-order valence-electron chi connectivity index (χ0n) is 9.18. The van der Waals surface area contributed by atoms with Crippen LogP contribution in [0, 0.1) is 0 Å². The molecule has 1 heterocycles. The summed E-state index contributed by atoms with van der Waals surface area (Å²) in [5.41, 5.74) is 6.97. The molecule has 0 aliphatic rings. The average Bonchev–Trinajstić information content (AvgIpc) is 2.61. The number of anilines is 1. The van der Waals surface area contributed by atoms with Crippen LogP contribution < -0.4 is 11.5 Å². The van der Waals surface area contributed by atoms with Gasteiger partial charge >= 0.3 is 5.76 Å². The molecule has 0 bridgehead atoms. The largest absolute Gasteiger partial charge is 0.437 e. The summed E-state index contributed by atoms with van der Waals surface area (Å²) >= 11 is 0. The Morgan fingerprint density at radius 2 is 1.94 bits per heavy atom. The SMILES string of the molecule is CC(C)n1nc(-c2ccc(N)cc2)oc1=O. The molecule has 5 heteroatoms. The fraction of sp³-hybridized carbons (Fsp3) is 0.273. The fourth-order valence-corrected chi connectivity index (χ4v) is 1.36. The van der Waals surface area contributed by atoms with Crippen molar-refractivity contribution in [3.05, 3.63) is 34.8 Å². The van der Waals surface area contributed by atoms with Crippen LogP contribution in [-0.4, -0.2) is 9.78 Å². The molecule has 84 valence electrons. The molecule has 0 saturated carbocycles. The van der Waals surface area contributed by atoms with Crippen LogP contribution >= 0.6 is 0 Å². The molecule has 2 rings (SSSR count). The van der Waals surface area contributed by atoms with E-state index in [1.807, 2.05) is 13.8 Å². The van der Waals surface area contributed by atoms with Gasteiger partial charge < -0.3 is 10.2 Å². The molecule has 0 atom stereocenters. The molecule has 2 aromatic rings. The van der Waals surface area contributed by atoms with Gasteiger partial charge in [-0.05, 0) is 38.1 Å². The first-order valence-corrected chi connectivity index (χ1v) is 5.03. The van der Waals surface area contributed by atoms with E-state index in [2.05, 4.69) is 5.10 Å². The van der Waals surface area contributed by atoms with E-state index < -0.39 is 5.76 Å². The van der Waals surface area contributed by atoms with E-state index in [0.29, 0.717) is 11.6 Å². The Hall–Kier alpha value is -2.04. The van der Waals surface area contributed by atoms with Gasteiger partial charge in [0.1, 0.15) is 0 Å². The summed E-state index contributed by atoms with van der Waals surface area (Å²) in [7, 11) is 0. The minimum Gasteiger partial charge on any atom is -0.399 e. The summed E-state index contributed by atoms with van der Waals surface area (Å²) in [6, 6.07) is 7.00. The third-order valence-electron chi connectivity index (χ3n) is 2.22. The van der Waals surface area contributed by atoms with Gasteiger partial charge in [0.2, 0.25) is 5.89 Å². The van der Waals surface area contributed by atoms with E-state index in [9.17, 15) is 4.79 Å². The van der Waals surface area contributed by atoms with Gasteiger partial charge in [-0.2, -0.15) is 4.68 Å². The third kappa shape index (κ3) is 1.84. The highest BCUT2D eigenvalue weighted by molar-refractivity contribution is 5.56. The molecule has 0 radical (unpaired) electrons. The lowest BCUT2D eigenvalue weighted by Gasteiger charge is -1.99. The molecule has 0 aliphatic heterocycles. The Morgan fingerprint density at radius 1 is 1.31 bits per heavy atom. The number of nitrogens with zero attached hydrogens (tertiary/aromatic N) is 2. The minimum absolute atomic E-state index is 0.0150. The Kier molecular flexibility index (Phi) is 2.52. The van der Waals surface area contributed by atoms with Crippen molar-refractivity contribution in [2.45, 2.75) is 19.9 Å². The molecule has 0 unspecified atom stereocenters. The van der Waals surface area contributed by atoms with Crippen LogP contribution in [0.25, 0.3) is 11.5 Å². The lowest BCUT2D eigenvalue weighted by atomic mass is 10.2. The van der Waals surface area contributed by atoms with E-state index in [1.54, 1.807) is 24.3 Å². The predicted octanol–water partition coefficient (Wildman–Crippen LogP) is 1.67. The standard InChI is InChI=1S/C11H13N3O2/c1-7(2)14-11(15)16-10(13-14)8-3-5-9(12)6-4-8/h3-7H,12H2,1-2H3.